The molecule has 1 rings (SSSR count). The molecule has 1 heterocycles. The van der Waals surface area contributed by atoms with Crippen molar-refractivity contribution in [3.05, 3.63) is 0 Å². The minimum absolute atomic E-state index is 0.241. The lowest BCUT2D eigenvalue weighted by Gasteiger charge is -2.50. The summed E-state index contributed by atoms with van der Waals surface area (Å²) in [5.41, 5.74) is 0. The zero-order chi connectivity index (χ0) is 93.9. The Kier molecular flexibility index (Phi) is 48.2. The molecule has 720 valence electrons. The van der Waals surface area contributed by atoms with Gasteiger partial charge in [-0.25, -0.2) is 0 Å². The van der Waals surface area contributed by atoms with Gasteiger partial charge in [-0.15, -0.1) is 0 Å². The molecule has 60 heteroatoms. The number of rotatable bonds is 48. The Balaban J connectivity index is 6.21. The maximum atomic E-state index is 7.89. The first kappa shape index (κ1) is 122. The van der Waals surface area contributed by atoms with Crippen LogP contribution in [0.5, 0.6) is 0 Å². The van der Waals surface area contributed by atoms with Crippen molar-refractivity contribution in [1.82, 2.24) is 0 Å². The van der Waals surface area contributed by atoms with Crippen LogP contribution in [0, 0.1) is 0 Å². The maximum absolute atomic E-state index is 7.89. The van der Waals surface area contributed by atoms with E-state index in [-0.39, 0.29) is 79.3 Å². The summed E-state index contributed by atoms with van der Waals surface area (Å²) in [5, 5.41) is 0. The summed E-state index contributed by atoms with van der Waals surface area (Å²) in [6, 6.07) is 0. The van der Waals surface area contributed by atoms with Crippen molar-refractivity contribution < 1.29 is 152 Å². The number of hydrogen-bond donors (Lipinski definition) is 0. The topological polar surface area (TPSA) is 332 Å². The van der Waals surface area contributed by atoms with Crippen LogP contribution in [0.1, 0.15) is 83.1 Å². The summed E-state index contributed by atoms with van der Waals surface area (Å²) in [4.78, 5) is 0. The summed E-state index contributed by atoms with van der Waals surface area (Å²) in [6.07, 6.45) is 0. The van der Waals surface area contributed by atoms with E-state index in [1.165, 1.54) is 0 Å². The maximum Gasteiger partial charge on any atom is 0.474 e. The van der Waals surface area contributed by atoms with Crippen molar-refractivity contribution in [3.8, 4) is 0 Å². The van der Waals surface area contributed by atoms with Gasteiger partial charge in [-0.05, 0) is 240 Å². The fourth-order valence-electron chi connectivity index (χ4n) is 14.7. The minimum Gasteiger partial charge on any atom is -0.395 e. The molecule has 0 amide bonds. The average molecular weight is 2140 g/mol. The lowest BCUT2D eigenvalue weighted by atomic mass is 10.9. The molecule has 0 aromatic rings. The van der Waals surface area contributed by atoms with Gasteiger partial charge in [0, 0.05) is 158 Å². The van der Waals surface area contributed by atoms with Crippen LogP contribution in [0.4, 0.5) is 0 Å². The predicted octanol–water partition coefficient (Wildman–Crippen LogP) is 16.1. The van der Waals surface area contributed by atoms with Crippen molar-refractivity contribution in [2.75, 3.05) is 79.3 Å². The van der Waals surface area contributed by atoms with Gasteiger partial charge < -0.3 is 152 Å². The third-order valence-electron chi connectivity index (χ3n) is 15.5. The molecule has 1 aliphatic rings. The first-order valence-corrected chi connectivity index (χ1v) is 103. The Morgan fingerprint density at radius 2 is 0.175 bits per heavy atom. The molecule has 1 fully saturated rings. The summed E-state index contributed by atoms with van der Waals surface area (Å²) >= 11 is 0. The molecule has 0 atom stereocenters. The molecule has 0 aromatic carbocycles. The van der Waals surface area contributed by atoms with E-state index in [1.807, 2.05) is 240 Å². The van der Waals surface area contributed by atoms with Gasteiger partial charge >= 0.3 is 208 Å². The molecule has 0 unspecified atom stereocenters. The Labute approximate surface area is 752 Å². The van der Waals surface area contributed by atoms with Crippen molar-refractivity contribution >= 4 is 208 Å². The van der Waals surface area contributed by atoms with Crippen molar-refractivity contribution in [2.24, 2.45) is 0 Å². The molecular weight excluding hydrogens is 1970 g/mol. The molecule has 0 aromatic heterocycles. The number of hydrogen-bond acceptors (Lipinski definition) is 36. The van der Waals surface area contributed by atoms with Crippen molar-refractivity contribution in [3.63, 3.8) is 0 Å². The van der Waals surface area contributed by atoms with Gasteiger partial charge in [0.25, 0.3) is 0 Å². The van der Waals surface area contributed by atoms with Gasteiger partial charge in [-0.2, -0.15) is 0 Å². The molecule has 1 aliphatic heterocycles. The normalized spacial score (nSPS) is 31.2. The highest BCUT2D eigenvalue weighted by atomic mass is 28.6. The zero-order valence-corrected chi connectivity index (χ0v) is 107. The SMILES string of the molecule is CCO[Si](C)(C)O[Si]1(C)O[Si](C)(O[Si](C)(C)OCC)O[Si](C)(O[Si](C)(C)OCC)O[Si](C)(O[Si](C)(C)OCC)O[Si](C)(O[Si](C)(C)OCC)O[Si](C)(O[Si](C)(C)OCC)O[Si](C)(O[Si](C)(C)OCC)O[Si](C)(O[Si](C)(C)OCC)O[Si](C)(O[Si](C)(C)OCC)O[Si](C)(O[Si](C)(C)OCC)O[Si](C)(O[Si](C)(C)OCC)O[Si](C)(O[Si](C)(C)OCC)O1. The second-order valence-corrected chi connectivity index (χ2v) is 112. The predicted molar refractivity (Wildman–Crippen MR) is 515 cm³/mol. The highest BCUT2D eigenvalue weighted by Gasteiger charge is 2.71. The van der Waals surface area contributed by atoms with E-state index in [1.54, 1.807) is 78.6 Å². The van der Waals surface area contributed by atoms with Crippen LogP contribution in [0.15, 0.2) is 0 Å². The van der Waals surface area contributed by atoms with Crippen LogP contribution >= 0.6 is 0 Å². The third kappa shape index (κ3) is 46.3. The molecular formula is C60H168O36Si24. The molecule has 0 spiro atoms. The molecule has 0 bridgehead atoms. The molecule has 36 nitrogen and oxygen atoms in total. The van der Waals surface area contributed by atoms with Gasteiger partial charge in [0.1, 0.15) is 0 Å². The lowest BCUT2D eigenvalue weighted by molar-refractivity contribution is 0.0777. The van der Waals surface area contributed by atoms with E-state index < -0.39 is 208 Å². The Hall–Kier alpha value is 3.77. The van der Waals surface area contributed by atoms with E-state index in [0.717, 1.165) is 0 Å². The second kappa shape index (κ2) is 47.5. The minimum atomic E-state index is -4.79. The summed E-state index contributed by atoms with van der Waals surface area (Å²) in [6.45, 7) is 91.3. The Morgan fingerprint density at radius 1 is 0.125 bits per heavy atom. The smallest absolute Gasteiger partial charge is 0.395 e. The van der Waals surface area contributed by atoms with Crippen LogP contribution in [0.2, 0.25) is 236 Å². The van der Waals surface area contributed by atoms with Crippen LogP contribution in [0.25, 0.3) is 0 Å². The van der Waals surface area contributed by atoms with Gasteiger partial charge in [0.2, 0.25) is 0 Å². The summed E-state index contributed by atoms with van der Waals surface area (Å²) in [7, 11) is -99.4. The quantitative estimate of drug-likeness (QED) is 0.0511. The van der Waals surface area contributed by atoms with Crippen LogP contribution in [-0.2, 0) is 152 Å². The standard InChI is InChI=1S/C60H168O36Si24/c1-49-61-97(13,14)73-109(37)85-110(38,74-98(15,16)62-50-2)87-112(40,76-100(19,20)64-52-4)89-114(42,78-102(23,24)66-54-6)91-116(44,80-104(27,28)68-56-8)93-118(46,82-106(31,32)70-58-10)95-120(48,84-108(35,36)72-60-12)96-119(47,83-107(33,34)71-59-11)94-117(45,81-105(29,30)69-57-9)92-115(43,79-103(25,26)67-55-7)90-113(41,77-101(21,22)65-53-5)88-111(39,86-109)75-99(17,18)63-51-3/h49-60H2,1-48H3. The average Bonchev–Trinajstić information content (AvgIpc) is 0.755. The van der Waals surface area contributed by atoms with Crippen LogP contribution in [0.3, 0.4) is 0 Å². The third-order valence-corrected chi connectivity index (χ3v) is 104. The summed E-state index contributed by atoms with van der Waals surface area (Å²) < 4.78 is 265. The van der Waals surface area contributed by atoms with Gasteiger partial charge in [0.05, 0.1) is 0 Å². The highest BCUT2D eigenvalue weighted by Crippen LogP contribution is 2.43. The van der Waals surface area contributed by atoms with Gasteiger partial charge in [-0.1, -0.05) is 0 Å². The van der Waals surface area contributed by atoms with E-state index in [4.69, 9.17) is 152 Å². The molecule has 0 N–H and O–H groups in total. The molecule has 0 saturated carbocycles. The zero-order valence-electron chi connectivity index (χ0n) is 83.2. The fourth-order valence-corrected chi connectivity index (χ4v) is 121. The Bertz CT molecular complexity index is 2310. The first-order valence-electron chi connectivity index (χ1n) is 42.2. The molecule has 0 aliphatic carbocycles. The van der Waals surface area contributed by atoms with E-state index >= 15 is 0 Å². The van der Waals surface area contributed by atoms with E-state index in [9.17, 15) is 0 Å². The Morgan fingerprint density at radius 3 is 0.217 bits per heavy atom. The van der Waals surface area contributed by atoms with Crippen molar-refractivity contribution in [2.45, 2.75) is 319 Å². The first-order chi connectivity index (χ1) is 53.7. The van der Waals surface area contributed by atoms with Gasteiger partial charge in [-0.3, -0.25) is 0 Å². The van der Waals surface area contributed by atoms with Crippen molar-refractivity contribution in [1.29, 1.82) is 0 Å². The molecule has 120 heavy (non-hydrogen) atoms. The van der Waals surface area contributed by atoms with Crippen LogP contribution in [-0.4, -0.2) is 288 Å². The van der Waals surface area contributed by atoms with Crippen LogP contribution < -0.4 is 0 Å². The fraction of sp³-hybridized carbons (Fsp3) is 1.00. The molecule has 0 radical (unpaired) electrons. The molecule has 1 saturated heterocycles. The van der Waals surface area contributed by atoms with E-state index in [2.05, 4.69) is 0 Å². The lowest BCUT2D eigenvalue weighted by Crippen LogP contribution is -2.74. The largest absolute Gasteiger partial charge is 0.474 e. The van der Waals surface area contributed by atoms with E-state index in [0.29, 0.717) is 0 Å². The van der Waals surface area contributed by atoms with Gasteiger partial charge in [0.15, 0.2) is 0 Å². The summed E-state index contributed by atoms with van der Waals surface area (Å²) in [5.74, 6) is 0. The second-order valence-electron chi connectivity index (χ2n) is 34.8. The highest BCUT2D eigenvalue weighted by molar-refractivity contribution is 6.98. The monoisotopic (exact) mass is 2140 g/mol.